The molecule has 2 aromatic rings. The molecule has 7 heteroatoms. The maximum atomic E-state index is 13.8. The molecule has 2 fully saturated rings. The number of aromatic nitrogens is 2. The number of likely N-dealkylation sites (tertiary alicyclic amines) is 1. The van der Waals surface area contributed by atoms with Gasteiger partial charge in [-0.05, 0) is 30.9 Å². The summed E-state index contributed by atoms with van der Waals surface area (Å²) in [7, 11) is 0. The van der Waals surface area contributed by atoms with Crippen molar-refractivity contribution >= 4 is 11.7 Å². The number of fused-ring (bicyclic) bond motifs is 1. The number of carbonyl (C=O) groups excluding carboxylic acids is 1. The Hall–Kier alpha value is -2.44. The first-order chi connectivity index (χ1) is 12.5. The van der Waals surface area contributed by atoms with Crippen molar-refractivity contribution in [2.24, 2.45) is 5.92 Å². The van der Waals surface area contributed by atoms with Crippen molar-refractivity contribution in [3.8, 4) is 0 Å². The summed E-state index contributed by atoms with van der Waals surface area (Å²) in [6.45, 7) is 5.20. The number of halogens is 1. The van der Waals surface area contributed by atoms with Crippen LogP contribution in [-0.2, 0) is 5.41 Å². The van der Waals surface area contributed by atoms with Crippen molar-refractivity contribution in [3.63, 3.8) is 0 Å². The van der Waals surface area contributed by atoms with Crippen LogP contribution in [0.5, 0.6) is 0 Å². The molecule has 2 atom stereocenters. The minimum atomic E-state index is -0.435. The highest BCUT2D eigenvalue weighted by Crippen LogP contribution is 2.49. The molecule has 1 saturated heterocycles. The van der Waals surface area contributed by atoms with Crippen LogP contribution in [0.1, 0.15) is 50.7 Å². The third-order valence-corrected chi connectivity index (χ3v) is 5.65. The monoisotopic (exact) mass is 358 g/mol. The van der Waals surface area contributed by atoms with Gasteiger partial charge in [-0.3, -0.25) is 0 Å². The molecule has 0 radical (unpaired) electrons. The highest BCUT2D eigenvalue weighted by atomic mass is 19.1. The van der Waals surface area contributed by atoms with Gasteiger partial charge in [0.25, 0.3) is 0 Å². The maximum absolute atomic E-state index is 13.8. The number of hydrogen-bond acceptors (Lipinski definition) is 4. The van der Waals surface area contributed by atoms with Crippen LogP contribution >= 0.6 is 0 Å². The number of carbonyl (C=O) groups is 1. The van der Waals surface area contributed by atoms with Crippen LogP contribution < -0.4 is 5.32 Å². The normalized spacial score (nSPS) is 24.9. The molecule has 1 N–H and O–H groups in total. The van der Waals surface area contributed by atoms with E-state index >= 15 is 0 Å². The lowest BCUT2D eigenvalue weighted by Gasteiger charge is -2.24. The van der Waals surface area contributed by atoms with Crippen molar-refractivity contribution in [3.05, 3.63) is 41.8 Å². The first kappa shape index (κ1) is 17.0. The van der Waals surface area contributed by atoms with Crippen LogP contribution in [0.25, 0.3) is 0 Å². The van der Waals surface area contributed by atoms with Crippen LogP contribution in [0.4, 0.5) is 14.9 Å². The number of amides is 2. The maximum Gasteiger partial charge on any atom is 0.321 e. The van der Waals surface area contributed by atoms with E-state index in [9.17, 15) is 9.18 Å². The molecule has 1 aromatic carbocycles. The molecule has 0 spiro atoms. The van der Waals surface area contributed by atoms with Crippen LogP contribution in [-0.4, -0.2) is 34.2 Å². The second-order valence-electron chi connectivity index (χ2n) is 7.65. The van der Waals surface area contributed by atoms with Gasteiger partial charge in [-0.2, -0.15) is 4.98 Å². The first-order valence-corrected chi connectivity index (χ1v) is 9.14. The van der Waals surface area contributed by atoms with Crippen molar-refractivity contribution in [2.45, 2.75) is 44.4 Å². The lowest BCUT2D eigenvalue weighted by atomic mass is 9.80. The Morgan fingerprint density at radius 3 is 2.96 bits per heavy atom. The summed E-state index contributed by atoms with van der Waals surface area (Å²) < 4.78 is 19.2. The molecule has 1 aromatic heterocycles. The van der Waals surface area contributed by atoms with Crippen molar-refractivity contribution < 1.29 is 13.7 Å². The van der Waals surface area contributed by atoms with Crippen molar-refractivity contribution in [1.82, 2.24) is 15.0 Å². The van der Waals surface area contributed by atoms with Gasteiger partial charge in [-0.1, -0.05) is 37.6 Å². The number of nitrogens with zero attached hydrogens (tertiary/aromatic N) is 3. The second-order valence-corrected chi connectivity index (χ2v) is 7.65. The number of anilines is 1. The SMILES string of the molecule is CC(C)c1nc(C23CCCC2CN(C(=O)Nc2ccccc2F)C3)no1. The fourth-order valence-corrected chi connectivity index (χ4v) is 4.24. The first-order valence-electron chi connectivity index (χ1n) is 9.14. The zero-order chi connectivity index (χ0) is 18.3. The summed E-state index contributed by atoms with van der Waals surface area (Å²) in [5.41, 5.74) is -0.0475. The predicted molar refractivity (Wildman–Crippen MR) is 94.4 cm³/mol. The minimum Gasteiger partial charge on any atom is -0.339 e. The summed E-state index contributed by atoms with van der Waals surface area (Å²) >= 11 is 0. The lowest BCUT2D eigenvalue weighted by molar-refractivity contribution is 0.217. The highest BCUT2D eigenvalue weighted by molar-refractivity contribution is 5.89. The molecule has 2 heterocycles. The topological polar surface area (TPSA) is 71.3 Å². The molecule has 138 valence electrons. The van der Waals surface area contributed by atoms with Gasteiger partial charge in [0.15, 0.2) is 5.82 Å². The molecule has 26 heavy (non-hydrogen) atoms. The zero-order valence-electron chi connectivity index (χ0n) is 15.0. The van der Waals surface area contributed by atoms with Gasteiger partial charge in [0.05, 0.1) is 11.1 Å². The van der Waals surface area contributed by atoms with E-state index in [4.69, 9.17) is 4.52 Å². The van der Waals surface area contributed by atoms with Gasteiger partial charge in [0, 0.05) is 19.0 Å². The van der Waals surface area contributed by atoms with E-state index in [0.29, 0.717) is 30.7 Å². The van der Waals surface area contributed by atoms with E-state index in [1.807, 2.05) is 13.8 Å². The Bertz CT molecular complexity index is 821. The lowest BCUT2D eigenvalue weighted by Crippen LogP contribution is -2.37. The third-order valence-electron chi connectivity index (χ3n) is 5.65. The van der Waals surface area contributed by atoms with Crippen LogP contribution in [0.2, 0.25) is 0 Å². The summed E-state index contributed by atoms with van der Waals surface area (Å²) in [6, 6.07) is 5.92. The number of hydrogen-bond donors (Lipinski definition) is 1. The number of urea groups is 1. The summed E-state index contributed by atoms with van der Waals surface area (Å²) in [5, 5.41) is 6.92. The van der Waals surface area contributed by atoms with E-state index in [-0.39, 0.29) is 23.1 Å². The molecule has 0 bridgehead atoms. The fraction of sp³-hybridized carbons (Fsp3) is 0.526. The van der Waals surface area contributed by atoms with Gasteiger partial charge >= 0.3 is 6.03 Å². The highest BCUT2D eigenvalue weighted by Gasteiger charge is 2.54. The minimum absolute atomic E-state index is 0.175. The average Bonchev–Trinajstić information content (AvgIpc) is 3.30. The molecular weight excluding hydrogens is 335 g/mol. The van der Waals surface area contributed by atoms with Gasteiger partial charge < -0.3 is 14.7 Å². The number of nitrogens with one attached hydrogen (secondary N) is 1. The Labute approximate surface area is 151 Å². The second kappa shape index (κ2) is 6.37. The quantitative estimate of drug-likeness (QED) is 0.903. The van der Waals surface area contributed by atoms with E-state index in [1.54, 1.807) is 23.1 Å². The standard InChI is InChI=1S/C19H23FN4O2/c1-12(2)16-22-17(23-26-16)19-9-5-6-13(19)10-24(11-19)18(25)21-15-8-4-3-7-14(15)20/h3-4,7-8,12-13H,5-6,9-11H2,1-2H3,(H,21,25). The van der Waals surface area contributed by atoms with Crippen LogP contribution in [0, 0.1) is 11.7 Å². The number of benzene rings is 1. The van der Waals surface area contributed by atoms with E-state index in [1.165, 1.54) is 6.07 Å². The van der Waals surface area contributed by atoms with Gasteiger partial charge in [0.1, 0.15) is 5.82 Å². The molecule has 1 saturated carbocycles. The summed E-state index contributed by atoms with van der Waals surface area (Å²) in [5.74, 6) is 1.40. The van der Waals surface area contributed by atoms with E-state index in [2.05, 4.69) is 15.5 Å². The Morgan fingerprint density at radius 2 is 2.23 bits per heavy atom. The molecule has 2 aliphatic rings. The summed E-state index contributed by atoms with van der Waals surface area (Å²) in [4.78, 5) is 19.0. The summed E-state index contributed by atoms with van der Waals surface area (Å²) in [6.07, 6.45) is 3.08. The molecule has 1 aliphatic carbocycles. The van der Waals surface area contributed by atoms with Gasteiger partial charge in [-0.15, -0.1) is 0 Å². The van der Waals surface area contributed by atoms with E-state index in [0.717, 1.165) is 19.3 Å². The largest absolute Gasteiger partial charge is 0.339 e. The van der Waals surface area contributed by atoms with Crippen LogP contribution in [0.15, 0.2) is 28.8 Å². The number of para-hydroxylation sites is 1. The smallest absolute Gasteiger partial charge is 0.321 e. The van der Waals surface area contributed by atoms with Crippen molar-refractivity contribution in [2.75, 3.05) is 18.4 Å². The predicted octanol–water partition coefficient (Wildman–Crippen LogP) is 3.92. The Morgan fingerprint density at radius 1 is 1.42 bits per heavy atom. The molecule has 6 nitrogen and oxygen atoms in total. The average molecular weight is 358 g/mol. The fourth-order valence-electron chi connectivity index (χ4n) is 4.24. The molecule has 4 rings (SSSR count). The molecular formula is C19H23FN4O2. The zero-order valence-corrected chi connectivity index (χ0v) is 15.0. The van der Waals surface area contributed by atoms with Crippen LogP contribution in [0.3, 0.4) is 0 Å². The molecule has 2 amide bonds. The van der Waals surface area contributed by atoms with Gasteiger partial charge in [-0.25, -0.2) is 9.18 Å². The molecule has 2 unspecified atom stereocenters. The number of rotatable bonds is 3. The third kappa shape index (κ3) is 2.75. The Kier molecular flexibility index (Phi) is 4.17. The Balaban J connectivity index is 1.54. The van der Waals surface area contributed by atoms with Crippen molar-refractivity contribution in [1.29, 1.82) is 0 Å². The van der Waals surface area contributed by atoms with Gasteiger partial charge in [0.2, 0.25) is 5.89 Å². The molecule has 1 aliphatic heterocycles. The van der Waals surface area contributed by atoms with E-state index < -0.39 is 5.82 Å².